The zero-order valence-corrected chi connectivity index (χ0v) is 12.9. The van der Waals surface area contributed by atoms with Gasteiger partial charge in [0.2, 0.25) is 0 Å². The second-order valence-corrected chi connectivity index (χ2v) is 7.47. The molecule has 0 amide bonds. The summed E-state index contributed by atoms with van der Waals surface area (Å²) < 4.78 is 29.1. The van der Waals surface area contributed by atoms with Gasteiger partial charge < -0.3 is 4.74 Å². The molecule has 0 unspecified atom stereocenters. The summed E-state index contributed by atoms with van der Waals surface area (Å²) in [7, 11) is -2.85. The Hall–Kier alpha value is -1.23. The van der Waals surface area contributed by atoms with E-state index in [9.17, 15) is 23.3 Å². The highest BCUT2D eigenvalue weighted by atomic mass is 35.5. The average molecular weight is 343 g/mol. The topological polar surface area (TPSA) is 107 Å². The van der Waals surface area contributed by atoms with Gasteiger partial charge in [-0.05, 0) is 6.92 Å². The fourth-order valence-corrected chi connectivity index (χ4v) is 4.21. The Labute approximate surface area is 124 Å². The normalized spacial score (nSPS) is 11.6. The van der Waals surface area contributed by atoms with Gasteiger partial charge in [0, 0.05) is 13.1 Å². The monoisotopic (exact) mass is 342 g/mol. The molecular weight excluding hydrogens is 332 g/mol. The summed E-state index contributed by atoms with van der Waals surface area (Å²) in [5.74, 6) is -0.712. The van der Waals surface area contributed by atoms with E-state index in [4.69, 9.17) is 11.6 Å². The van der Waals surface area contributed by atoms with E-state index >= 15 is 0 Å². The van der Waals surface area contributed by atoms with Crippen LogP contribution >= 0.6 is 22.9 Å². The van der Waals surface area contributed by atoms with Crippen LogP contribution in [0, 0.1) is 10.1 Å². The summed E-state index contributed by atoms with van der Waals surface area (Å²) >= 11 is 6.17. The molecule has 0 spiro atoms. The van der Waals surface area contributed by atoms with E-state index in [1.165, 1.54) is 7.05 Å². The van der Waals surface area contributed by atoms with Gasteiger partial charge in [-0.25, -0.2) is 8.42 Å². The molecule has 1 rings (SSSR count). The van der Waals surface area contributed by atoms with Crippen LogP contribution in [-0.2, 0) is 19.6 Å². The fourth-order valence-electron chi connectivity index (χ4n) is 1.22. The number of hydrogen-bond acceptors (Lipinski definition) is 7. The van der Waals surface area contributed by atoms with Gasteiger partial charge in [-0.1, -0.05) is 11.6 Å². The summed E-state index contributed by atoms with van der Waals surface area (Å²) in [5, 5.41) is 10.6. The molecular formula is C9H11ClN2O6S2. The van der Waals surface area contributed by atoms with Gasteiger partial charge in [-0.2, -0.15) is 4.31 Å². The molecule has 0 aliphatic heterocycles. The average Bonchev–Trinajstić information content (AvgIpc) is 2.72. The maximum atomic E-state index is 12.1. The number of hydrogen-bond donors (Lipinski definition) is 0. The van der Waals surface area contributed by atoms with E-state index in [0.29, 0.717) is 11.3 Å². The summed E-state index contributed by atoms with van der Waals surface area (Å²) in [6, 6.07) is 0.865. The Balaban J connectivity index is 3.01. The number of nitro groups is 1. The molecule has 0 aromatic carbocycles. The minimum atomic E-state index is -4.03. The zero-order valence-electron chi connectivity index (χ0n) is 10.5. The van der Waals surface area contributed by atoms with Crippen LogP contribution in [0.5, 0.6) is 0 Å². The number of likely N-dealkylation sites (N-methyl/N-ethyl adjacent to an activating group) is 1. The van der Waals surface area contributed by atoms with E-state index in [-0.39, 0.29) is 15.2 Å². The lowest BCUT2D eigenvalue weighted by molar-refractivity contribution is -0.384. The molecule has 1 aromatic heterocycles. The Kier molecular flexibility index (Phi) is 5.45. The van der Waals surface area contributed by atoms with Crippen molar-refractivity contribution in [3.8, 4) is 0 Å². The van der Waals surface area contributed by atoms with Crippen LogP contribution in [0.15, 0.2) is 10.3 Å². The molecule has 1 aromatic rings. The predicted molar refractivity (Wildman–Crippen MR) is 72.4 cm³/mol. The van der Waals surface area contributed by atoms with Crippen molar-refractivity contribution in [3.63, 3.8) is 0 Å². The smallest absolute Gasteiger partial charge is 0.321 e. The number of ether oxygens (including phenoxy) is 1. The number of nitrogens with zero attached hydrogens (tertiary/aromatic N) is 2. The first kappa shape index (κ1) is 16.8. The van der Waals surface area contributed by atoms with Crippen molar-refractivity contribution in [1.82, 2.24) is 4.31 Å². The minimum absolute atomic E-state index is 0.128. The first-order valence-electron chi connectivity index (χ1n) is 5.25. The molecule has 0 fully saturated rings. The fraction of sp³-hybridized carbons (Fsp3) is 0.444. The van der Waals surface area contributed by atoms with Gasteiger partial charge in [-0.3, -0.25) is 14.9 Å². The van der Waals surface area contributed by atoms with Crippen LogP contribution in [0.3, 0.4) is 0 Å². The highest BCUT2D eigenvalue weighted by Gasteiger charge is 2.29. The molecule has 0 saturated heterocycles. The molecule has 8 nitrogen and oxygen atoms in total. The number of sulfonamides is 1. The van der Waals surface area contributed by atoms with Gasteiger partial charge in [0.15, 0.2) is 4.34 Å². The molecule has 0 bridgehead atoms. The first-order chi connectivity index (χ1) is 9.20. The largest absolute Gasteiger partial charge is 0.465 e. The second-order valence-electron chi connectivity index (χ2n) is 3.55. The number of rotatable bonds is 6. The van der Waals surface area contributed by atoms with Crippen molar-refractivity contribution in [3.05, 3.63) is 20.5 Å². The van der Waals surface area contributed by atoms with Crippen molar-refractivity contribution in [2.45, 2.75) is 11.1 Å². The first-order valence-corrected chi connectivity index (χ1v) is 7.89. The van der Waals surface area contributed by atoms with Crippen molar-refractivity contribution in [1.29, 1.82) is 0 Å². The molecule has 0 aliphatic rings. The molecule has 0 radical (unpaired) electrons. The third-order valence-electron chi connectivity index (χ3n) is 2.16. The van der Waals surface area contributed by atoms with E-state index in [2.05, 4.69) is 4.74 Å². The molecule has 0 atom stereocenters. The summed E-state index contributed by atoms with van der Waals surface area (Å²) in [6.07, 6.45) is 0. The van der Waals surface area contributed by atoms with Crippen LogP contribution < -0.4 is 0 Å². The lowest BCUT2D eigenvalue weighted by atomic mass is 10.6. The van der Waals surface area contributed by atoms with Crippen LogP contribution in [0.4, 0.5) is 5.69 Å². The van der Waals surface area contributed by atoms with Crippen LogP contribution in [0.25, 0.3) is 0 Å². The Morgan fingerprint density at radius 2 is 2.20 bits per heavy atom. The molecule has 0 N–H and O–H groups in total. The number of carbonyl (C=O) groups is 1. The van der Waals surface area contributed by atoms with Gasteiger partial charge in [0.25, 0.3) is 15.7 Å². The van der Waals surface area contributed by atoms with Crippen LogP contribution in [-0.4, -0.2) is 43.8 Å². The highest BCUT2D eigenvalue weighted by molar-refractivity contribution is 7.91. The lowest BCUT2D eigenvalue weighted by Crippen LogP contribution is -2.32. The van der Waals surface area contributed by atoms with Gasteiger partial charge in [-0.15, -0.1) is 11.3 Å². The Morgan fingerprint density at radius 1 is 1.60 bits per heavy atom. The zero-order chi connectivity index (χ0) is 15.5. The predicted octanol–water partition coefficient (Wildman–Crippen LogP) is 1.49. The molecule has 1 heterocycles. The van der Waals surface area contributed by atoms with Gasteiger partial charge in [0.05, 0.1) is 11.5 Å². The number of esters is 1. The van der Waals surface area contributed by atoms with Crippen molar-refractivity contribution in [2.75, 3.05) is 20.2 Å². The maximum Gasteiger partial charge on any atom is 0.321 e. The number of halogens is 1. The van der Waals surface area contributed by atoms with Crippen LogP contribution in [0.1, 0.15) is 6.92 Å². The SMILES string of the molecule is CCOC(=O)CN(C)S(=O)(=O)c1cc([N+](=O)[O-])c(Cl)s1. The minimum Gasteiger partial charge on any atom is -0.465 e. The standard InChI is InChI=1S/C9H11ClN2O6S2/c1-3-18-7(13)5-11(2)20(16,17)8-4-6(12(14)15)9(10)19-8/h4H,3,5H2,1-2H3. The summed E-state index contributed by atoms with van der Waals surface area (Å²) in [4.78, 5) is 21.1. The van der Waals surface area contributed by atoms with E-state index in [1.54, 1.807) is 6.92 Å². The number of carbonyl (C=O) groups excluding carboxylic acids is 1. The molecule has 11 heteroatoms. The number of thiophene rings is 1. The lowest BCUT2D eigenvalue weighted by Gasteiger charge is -2.14. The Bertz CT molecular complexity index is 626. The highest BCUT2D eigenvalue weighted by Crippen LogP contribution is 2.37. The van der Waals surface area contributed by atoms with E-state index in [0.717, 1.165) is 10.4 Å². The van der Waals surface area contributed by atoms with Crippen LogP contribution in [0.2, 0.25) is 4.34 Å². The summed E-state index contributed by atoms with van der Waals surface area (Å²) in [5.41, 5.74) is -0.486. The third-order valence-corrected chi connectivity index (χ3v) is 5.75. The molecule has 20 heavy (non-hydrogen) atoms. The maximum absolute atomic E-state index is 12.1. The molecule has 112 valence electrons. The van der Waals surface area contributed by atoms with Crippen molar-refractivity contribution in [2.24, 2.45) is 0 Å². The quantitative estimate of drug-likeness (QED) is 0.440. The summed E-state index contributed by atoms with van der Waals surface area (Å²) in [6.45, 7) is 1.23. The Morgan fingerprint density at radius 3 is 2.65 bits per heavy atom. The second kappa shape index (κ2) is 6.48. The molecule has 0 saturated carbocycles. The van der Waals surface area contributed by atoms with Gasteiger partial charge >= 0.3 is 5.97 Å². The van der Waals surface area contributed by atoms with E-state index in [1.807, 2.05) is 0 Å². The van der Waals surface area contributed by atoms with Gasteiger partial charge in [0.1, 0.15) is 10.8 Å². The van der Waals surface area contributed by atoms with Crippen molar-refractivity contribution >= 4 is 44.6 Å². The van der Waals surface area contributed by atoms with E-state index < -0.39 is 33.1 Å². The van der Waals surface area contributed by atoms with Crippen molar-refractivity contribution < 1.29 is 22.9 Å². The third kappa shape index (κ3) is 3.66. The molecule has 0 aliphatic carbocycles.